The first-order valence-corrected chi connectivity index (χ1v) is 11.2. The van der Waals surface area contributed by atoms with Crippen molar-refractivity contribution in [1.82, 2.24) is 14.8 Å². The van der Waals surface area contributed by atoms with Gasteiger partial charge in [0, 0.05) is 70.9 Å². The molecule has 1 aliphatic heterocycles. The number of pyridine rings is 1. The molecule has 1 aliphatic rings. The largest absolute Gasteiger partial charge is 0.491 e. The SMILES string of the molecule is CO[C@H]1CN(C)C(=O)c2ccc(NC(C)=O)cc2OC[C@H](C)N(Cc2cccnc2)C[C@H]1C. The number of carbonyl (C=O) groups excluding carboxylic acids is 2. The number of nitrogens with zero attached hydrogens (tertiary/aromatic N) is 3. The molecule has 0 fully saturated rings. The summed E-state index contributed by atoms with van der Waals surface area (Å²) in [5, 5.41) is 2.76. The molecule has 0 bridgehead atoms. The van der Waals surface area contributed by atoms with E-state index in [1.807, 2.05) is 12.3 Å². The van der Waals surface area contributed by atoms with Crippen LogP contribution in [0.25, 0.3) is 0 Å². The maximum Gasteiger partial charge on any atom is 0.257 e. The van der Waals surface area contributed by atoms with Crippen molar-refractivity contribution in [1.29, 1.82) is 0 Å². The summed E-state index contributed by atoms with van der Waals surface area (Å²) in [7, 11) is 3.46. The minimum atomic E-state index is -0.181. The first-order valence-electron chi connectivity index (χ1n) is 11.2. The van der Waals surface area contributed by atoms with E-state index in [2.05, 4.69) is 35.1 Å². The summed E-state index contributed by atoms with van der Waals surface area (Å²) in [5.41, 5.74) is 2.17. The van der Waals surface area contributed by atoms with Crippen molar-refractivity contribution < 1.29 is 19.1 Å². The Morgan fingerprint density at radius 2 is 2.06 bits per heavy atom. The number of anilines is 1. The zero-order valence-electron chi connectivity index (χ0n) is 20.1. The molecule has 178 valence electrons. The third-order valence-corrected chi connectivity index (χ3v) is 6.00. The van der Waals surface area contributed by atoms with Gasteiger partial charge in [0.05, 0.1) is 11.7 Å². The molecule has 33 heavy (non-hydrogen) atoms. The van der Waals surface area contributed by atoms with E-state index in [0.717, 1.165) is 18.7 Å². The van der Waals surface area contributed by atoms with E-state index in [-0.39, 0.29) is 29.9 Å². The Hall–Kier alpha value is -2.97. The van der Waals surface area contributed by atoms with Gasteiger partial charge in [-0.2, -0.15) is 0 Å². The van der Waals surface area contributed by atoms with Crippen LogP contribution in [0.3, 0.4) is 0 Å². The molecule has 2 heterocycles. The van der Waals surface area contributed by atoms with E-state index in [9.17, 15) is 9.59 Å². The quantitative estimate of drug-likeness (QED) is 0.765. The highest BCUT2D eigenvalue weighted by molar-refractivity contribution is 5.98. The molecule has 0 aliphatic carbocycles. The number of hydrogen-bond donors (Lipinski definition) is 1. The first-order chi connectivity index (χ1) is 15.8. The Kier molecular flexibility index (Phi) is 8.41. The molecule has 0 spiro atoms. The monoisotopic (exact) mass is 454 g/mol. The molecule has 0 radical (unpaired) electrons. The highest BCUT2D eigenvalue weighted by Crippen LogP contribution is 2.27. The Morgan fingerprint density at radius 1 is 1.27 bits per heavy atom. The Balaban J connectivity index is 1.94. The second-order valence-corrected chi connectivity index (χ2v) is 8.78. The number of methoxy groups -OCH3 is 1. The van der Waals surface area contributed by atoms with E-state index in [1.54, 1.807) is 43.5 Å². The summed E-state index contributed by atoms with van der Waals surface area (Å²) in [5.74, 6) is 0.313. The predicted molar refractivity (Wildman–Crippen MR) is 127 cm³/mol. The Labute approximate surface area is 195 Å². The van der Waals surface area contributed by atoms with Gasteiger partial charge >= 0.3 is 0 Å². The zero-order chi connectivity index (χ0) is 24.0. The average molecular weight is 455 g/mol. The molecule has 2 aromatic rings. The summed E-state index contributed by atoms with van der Waals surface area (Å²) >= 11 is 0. The number of ether oxygens (including phenoxy) is 2. The van der Waals surface area contributed by atoms with E-state index < -0.39 is 0 Å². The highest BCUT2D eigenvalue weighted by atomic mass is 16.5. The van der Waals surface area contributed by atoms with Gasteiger partial charge in [0.2, 0.25) is 5.91 Å². The van der Waals surface area contributed by atoms with Crippen LogP contribution in [0.5, 0.6) is 5.75 Å². The van der Waals surface area contributed by atoms with Crippen LogP contribution in [0.15, 0.2) is 42.7 Å². The van der Waals surface area contributed by atoms with Crippen LogP contribution in [-0.4, -0.2) is 72.6 Å². The third-order valence-electron chi connectivity index (χ3n) is 6.00. The van der Waals surface area contributed by atoms with Crippen LogP contribution in [0.2, 0.25) is 0 Å². The van der Waals surface area contributed by atoms with Crippen LogP contribution in [0.4, 0.5) is 5.69 Å². The molecule has 0 saturated heterocycles. The summed E-state index contributed by atoms with van der Waals surface area (Å²) in [6.45, 7) is 8.06. The third kappa shape index (κ3) is 6.52. The van der Waals surface area contributed by atoms with Gasteiger partial charge < -0.3 is 19.7 Å². The zero-order valence-corrected chi connectivity index (χ0v) is 20.1. The molecule has 3 rings (SSSR count). The molecular weight excluding hydrogens is 420 g/mol. The lowest BCUT2D eigenvalue weighted by Crippen LogP contribution is -2.46. The molecule has 0 saturated carbocycles. The molecule has 0 unspecified atom stereocenters. The van der Waals surface area contributed by atoms with E-state index in [4.69, 9.17) is 9.47 Å². The highest BCUT2D eigenvalue weighted by Gasteiger charge is 2.28. The summed E-state index contributed by atoms with van der Waals surface area (Å²) in [4.78, 5) is 33.0. The van der Waals surface area contributed by atoms with E-state index in [0.29, 0.717) is 30.2 Å². The fraction of sp³-hybridized carbons (Fsp3) is 0.480. The average Bonchev–Trinajstić information content (AvgIpc) is 2.79. The number of likely N-dealkylation sites (N-methyl/N-ethyl adjacent to an activating group) is 1. The van der Waals surface area contributed by atoms with Gasteiger partial charge in [0.25, 0.3) is 5.91 Å². The van der Waals surface area contributed by atoms with Crippen molar-refractivity contribution in [2.75, 3.05) is 39.2 Å². The molecule has 1 aromatic heterocycles. The van der Waals surface area contributed by atoms with E-state index in [1.165, 1.54) is 6.92 Å². The maximum atomic E-state index is 13.2. The number of aromatic nitrogens is 1. The van der Waals surface area contributed by atoms with Crippen molar-refractivity contribution in [3.05, 3.63) is 53.9 Å². The number of amides is 2. The van der Waals surface area contributed by atoms with Crippen molar-refractivity contribution in [3.8, 4) is 5.75 Å². The van der Waals surface area contributed by atoms with Gasteiger partial charge in [-0.15, -0.1) is 0 Å². The lowest BCUT2D eigenvalue weighted by Gasteiger charge is -2.36. The van der Waals surface area contributed by atoms with Gasteiger partial charge in [-0.1, -0.05) is 13.0 Å². The molecular formula is C25H34N4O4. The Morgan fingerprint density at radius 3 is 2.73 bits per heavy atom. The van der Waals surface area contributed by atoms with Crippen molar-refractivity contribution in [2.24, 2.45) is 5.92 Å². The van der Waals surface area contributed by atoms with Crippen LogP contribution < -0.4 is 10.1 Å². The topological polar surface area (TPSA) is 84.0 Å². The number of benzene rings is 1. The van der Waals surface area contributed by atoms with Gasteiger partial charge in [-0.25, -0.2) is 0 Å². The van der Waals surface area contributed by atoms with Crippen molar-refractivity contribution in [2.45, 2.75) is 39.5 Å². The predicted octanol–water partition coefficient (Wildman–Crippen LogP) is 3.05. The van der Waals surface area contributed by atoms with Crippen LogP contribution in [-0.2, 0) is 16.1 Å². The molecule has 8 heteroatoms. The van der Waals surface area contributed by atoms with Crippen molar-refractivity contribution in [3.63, 3.8) is 0 Å². The lowest BCUT2D eigenvalue weighted by molar-refractivity contribution is -0.114. The molecule has 1 aromatic carbocycles. The van der Waals surface area contributed by atoms with Crippen LogP contribution in [0.1, 0.15) is 36.7 Å². The van der Waals surface area contributed by atoms with Crippen molar-refractivity contribution >= 4 is 17.5 Å². The minimum Gasteiger partial charge on any atom is -0.491 e. The summed E-state index contributed by atoms with van der Waals surface area (Å²) < 4.78 is 12.0. The Bertz CT molecular complexity index is 953. The maximum absolute atomic E-state index is 13.2. The molecule has 3 atom stereocenters. The van der Waals surface area contributed by atoms with Gasteiger partial charge in [0.1, 0.15) is 12.4 Å². The molecule has 8 nitrogen and oxygen atoms in total. The number of nitrogens with one attached hydrogen (secondary N) is 1. The normalized spacial score (nSPS) is 22.5. The fourth-order valence-corrected chi connectivity index (χ4v) is 4.07. The van der Waals surface area contributed by atoms with E-state index >= 15 is 0 Å². The van der Waals surface area contributed by atoms with Gasteiger partial charge in [-0.3, -0.25) is 19.5 Å². The molecule has 1 N–H and O–H groups in total. The second kappa shape index (κ2) is 11.2. The fourth-order valence-electron chi connectivity index (χ4n) is 4.07. The standard InChI is InChI=1S/C25H34N4O4/c1-17-13-29(14-20-7-6-10-26-12-20)18(2)16-33-23-11-21(27-19(3)30)8-9-22(23)25(31)28(4)15-24(17)32-5/h6-12,17-18,24H,13-16H2,1-5H3,(H,27,30)/t17-,18+,24+/m1/s1. The number of hydrogen-bond acceptors (Lipinski definition) is 6. The first kappa shape index (κ1) is 24.7. The summed E-state index contributed by atoms with van der Waals surface area (Å²) in [6, 6.07) is 9.20. The number of carbonyl (C=O) groups is 2. The molecule has 2 amide bonds. The summed E-state index contributed by atoms with van der Waals surface area (Å²) in [6.07, 6.45) is 3.53. The minimum absolute atomic E-state index is 0.0645. The second-order valence-electron chi connectivity index (χ2n) is 8.78. The van der Waals surface area contributed by atoms with Crippen LogP contribution >= 0.6 is 0 Å². The lowest BCUT2D eigenvalue weighted by atomic mass is 10.0. The number of fused-ring (bicyclic) bond motifs is 1. The van der Waals surface area contributed by atoms with Crippen LogP contribution in [0, 0.1) is 5.92 Å². The smallest absolute Gasteiger partial charge is 0.257 e. The van der Waals surface area contributed by atoms with Gasteiger partial charge in [0.15, 0.2) is 0 Å². The number of rotatable bonds is 4. The van der Waals surface area contributed by atoms with Gasteiger partial charge in [-0.05, 0) is 36.6 Å².